The molecule has 3 aliphatic carbocycles. The molecule has 0 saturated heterocycles. The molecule has 3 atom stereocenters. The van der Waals surface area contributed by atoms with Crippen LogP contribution in [-0.2, 0) is 14.3 Å². The average molecular weight is 263 g/mol. The van der Waals surface area contributed by atoms with Crippen molar-refractivity contribution in [3.8, 4) is 0 Å². The third-order valence-electron chi connectivity index (χ3n) is 4.47. The Morgan fingerprint density at radius 2 is 2.05 bits per heavy atom. The maximum Gasteiger partial charge on any atom is 0.325 e. The van der Waals surface area contributed by atoms with Crippen molar-refractivity contribution < 1.29 is 14.3 Å². The van der Waals surface area contributed by atoms with E-state index < -0.39 is 0 Å². The van der Waals surface area contributed by atoms with E-state index in [1.807, 2.05) is 0 Å². The largest absolute Gasteiger partial charge is 0.465 e. The first kappa shape index (κ1) is 12.7. The topological polar surface area (TPSA) is 46.6 Å². The minimum atomic E-state index is -0.276. The molecular weight excluding hydrogens is 242 g/mol. The number of esters is 1. The molecule has 104 valence electrons. The number of hydrogen-bond acceptors (Lipinski definition) is 3. The van der Waals surface area contributed by atoms with Gasteiger partial charge in [0, 0.05) is 12.0 Å². The summed E-state index contributed by atoms with van der Waals surface area (Å²) >= 11 is 0. The van der Waals surface area contributed by atoms with Gasteiger partial charge >= 0.3 is 5.97 Å². The number of carbonyl (C=O) groups is 2. The molecule has 0 spiro atoms. The molecule has 2 saturated carbocycles. The third-order valence-corrected chi connectivity index (χ3v) is 4.47. The van der Waals surface area contributed by atoms with E-state index in [-0.39, 0.29) is 30.4 Å². The van der Waals surface area contributed by atoms with Gasteiger partial charge in [0.25, 0.3) is 0 Å². The molecule has 2 bridgehead atoms. The number of ether oxygens (including phenoxy) is 1. The number of allylic oxidation sites excluding steroid dienone is 2. The van der Waals surface area contributed by atoms with Crippen LogP contribution in [0.25, 0.3) is 0 Å². The van der Waals surface area contributed by atoms with Crippen molar-refractivity contribution in [1.82, 2.24) is 4.90 Å². The lowest BCUT2D eigenvalue weighted by Gasteiger charge is -2.27. The van der Waals surface area contributed by atoms with E-state index in [1.54, 1.807) is 11.8 Å². The Morgan fingerprint density at radius 3 is 2.58 bits per heavy atom. The van der Waals surface area contributed by atoms with Crippen molar-refractivity contribution in [3.05, 3.63) is 12.2 Å². The lowest BCUT2D eigenvalue weighted by atomic mass is 9.92. The Balaban J connectivity index is 1.65. The van der Waals surface area contributed by atoms with Gasteiger partial charge in [0.05, 0.1) is 6.61 Å². The fourth-order valence-electron chi connectivity index (χ4n) is 3.40. The number of hydrogen-bond donors (Lipinski definition) is 0. The zero-order valence-electron chi connectivity index (χ0n) is 11.4. The van der Waals surface area contributed by atoms with Crippen LogP contribution in [-0.4, -0.2) is 36.0 Å². The molecule has 1 amide bonds. The lowest BCUT2D eigenvalue weighted by molar-refractivity contribution is -0.151. The van der Waals surface area contributed by atoms with Crippen molar-refractivity contribution in [2.45, 2.75) is 38.6 Å². The molecule has 0 radical (unpaired) electrons. The molecule has 19 heavy (non-hydrogen) atoms. The number of carbonyl (C=O) groups excluding carboxylic acids is 2. The lowest BCUT2D eigenvalue weighted by Crippen LogP contribution is -2.42. The van der Waals surface area contributed by atoms with Gasteiger partial charge in [-0.3, -0.25) is 9.59 Å². The fourth-order valence-corrected chi connectivity index (χ4v) is 3.40. The minimum absolute atomic E-state index is 0.102. The Hall–Kier alpha value is -1.32. The summed E-state index contributed by atoms with van der Waals surface area (Å²) in [4.78, 5) is 26.1. The Labute approximate surface area is 113 Å². The first-order valence-electron chi connectivity index (χ1n) is 7.33. The summed E-state index contributed by atoms with van der Waals surface area (Å²) in [6.45, 7) is 2.30. The van der Waals surface area contributed by atoms with Gasteiger partial charge < -0.3 is 9.64 Å². The molecule has 4 nitrogen and oxygen atoms in total. The van der Waals surface area contributed by atoms with E-state index >= 15 is 0 Å². The van der Waals surface area contributed by atoms with Crippen LogP contribution >= 0.6 is 0 Å². The summed E-state index contributed by atoms with van der Waals surface area (Å²) in [6, 6.07) is 0.278. The van der Waals surface area contributed by atoms with Crippen LogP contribution in [0.5, 0.6) is 0 Å². The predicted octanol–water partition coefficient (Wildman–Crippen LogP) is 1.75. The second-order valence-electron chi connectivity index (χ2n) is 5.89. The van der Waals surface area contributed by atoms with Gasteiger partial charge in [-0.25, -0.2) is 0 Å². The molecule has 0 aromatic carbocycles. The van der Waals surface area contributed by atoms with Crippen molar-refractivity contribution in [1.29, 1.82) is 0 Å². The van der Waals surface area contributed by atoms with Crippen LogP contribution in [0.15, 0.2) is 12.2 Å². The molecule has 0 aromatic rings. The van der Waals surface area contributed by atoms with E-state index in [0.29, 0.717) is 18.4 Å². The highest BCUT2D eigenvalue weighted by Crippen LogP contribution is 2.45. The highest BCUT2D eigenvalue weighted by molar-refractivity contribution is 5.85. The normalized spacial score (nSPS) is 31.5. The first-order chi connectivity index (χ1) is 9.19. The van der Waals surface area contributed by atoms with Gasteiger partial charge in [-0.1, -0.05) is 12.2 Å². The van der Waals surface area contributed by atoms with E-state index in [1.165, 1.54) is 0 Å². The molecule has 0 N–H and O–H groups in total. The van der Waals surface area contributed by atoms with E-state index in [9.17, 15) is 9.59 Å². The Bertz CT molecular complexity index is 414. The van der Waals surface area contributed by atoms with Gasteiger partial charge in [0.15, 0.2) is 0 Å². The highest BCUT2D eigenvalue weighted by atomic mass is 16.5. The summed E-state index contributed by atoms with van der Waals surface area (Å²) in [5.74, 6) is 0.988. The number of fused-ring (bicyclic) bond motifs is 2. The molecule has 3 aliphatic rings. The van der Waals surface area contributed by atoms with Gasteiger partial charge in [-0.2, -0.15) is 0 Å². The van der Waals surface area contributed by atoms with Crippen LogP contribution in [0, 0.1) is 17.8 Å². The monoisotopic (exact) mass is 263 g/mol. The van der Waals surface area contributed by atoms with Gasteiger partial charge in [-0.15, -0.1) is 0 Å². The summed E-state index contributed by atoms with van der Waals surface area (Å²) in [5.41, 5.74) is 0. The van der Waals surface area contributed by atoms with E-state index in [2.05, 4.69) is 12.2 Å². The summed E-state index contributed by atoms with van der Waals surface area (Å²) in [6.07, 6.45) is 8.57. The van der Waals surface area contributed by atoms with Crippen molar-refractivity contribution in [2.75, 3.05) is 13.2 Å². The van der Waals surface area contributed by atoms with E-state index in [4.69, 9.17) is 4.74 Å². The Morgan fingerprint density at radius 1 is 1.26 bits per heavy atom. The molecule has 3 rings (SSSR count). The van der Waals surface area contributed by atoms with E-state index in [0.717, 1.165) is 25.7 Å². The van der Waals surface area contributed by atoms with Crippen LogP contribution in [0.3, 0.4) is 0 Å². The standard InChI is InChI=1S/C15H21NO3/c1-2-19-14(17)9-16(12-5-6-12)15(18)13-8-10-3-4-11(13)7-10/h3-4,10-13H,2,5-9H2,1H3. The second kappa shape index (κ2) is 4.99. The van der Waals surface area contributed by atoms with Crippen LogP contribution in [0.4, 0.5) is 0 Å². The molecule has 3 unspecified atom stereocenters. The van der Waals surface area contributed by atoms with Crippen LogP contribution < -0.4 is 0 Å². The summed E-state index contributed by atoms with van der Waals surface area (Å²) in [7, 11) is 0. The second-order valence-corrected chi connectivity index (χ2v) is 5.89. The SMILES string of the molecule is CCOC(=O)CN(C(=O)C1CC2C=CC1C2)C1CC1. The van der Waals surface area contributed by atoms with Gasteiger partial charge in [0.1, 0.15) is 6.54 Å². The summed E-state index contributed by atoms with van der Waals surface area (Å²) < 4.78 is 4.98. The Kier molecular flexibility index (Phi) is 3.33. The fraction of sp³-hybridized carbons (Fsp3) is 0.733. The average Bonchev–Trinajstić information content (AvgIpc) is 3.01. The zero-order valence-corrected chi connectivity index (χ0v) is 11.4. The molecule has 0 heterocycles. The number of rotatable bonds is 5. The number of amides is 1. The number of nitrogens with zero attached hydrogens (tertiary/aromatic N) is 1. The molecular formula is C15H21NO3. The maximum absolute atomic E-state index is 12.6. The van der Waals surface area contributed by atoms with Gasteiger partial charge in [-0.05, 0) is 44.4 Å². The van der Waals surface area contributed by atoms with Gasteiger partial charge in [0.2, 0.25) is 5.91 Å². The maximum atomic E-state index is 12.6. The third kappa shape index (κ3) is 2.53. The van der Waals surface area contributed by atoms with Crippen molar-refractivity contribution >= 4 is 11.9 Å². The molecule has 0 aromatic heterocycles. The predicted molar refractivity (Wildman–Crippen MR) is 70.2 cm³/mol. The summed E-state index contributed by atoms with van der Waals surface area (Å²) in [5, 5.41) is 0. The minimum Gasteiger partial charge on any atom is -0.465 e. The quantitative estimate of drug-likeness (QED) is 0.561. The van der Waals surface area contributed by atoms with Crippen LogP contribution in [0.1, 0.15) is 32.6 Å². The first-order valence-corrected chi connectivity index (χ1v) is 7.33. The van der Waals surface area contributed by atoms with Crippen molar-refractivity contribution in [3.63, 3.8) is 0 Å². The molecule has 4 heteroatoms. The van der Waals surface area contributed by atoms with Crippen molar-refractivity contribution in [2.24, 2.45) is 17.8 Å². The molecule has 2 fully saturated rings. The van der Waals surface area contributed by atoms with Crippen LogP contribution in [0.2, 0.25) is 0 Å². The highest BCUT2D eigenvalue weighted by Gasteiger charge is 2.44. The smallest absolute Gasteiger partial charge is 0.325 e. The zero-order chi connectivity index (χ0) is 13.4. The molecule has 0 aliphatic heterocycles.